The standard InChI is InChI=1S/C17H19NO3S/c1-2-14-16(17(19)20)22-15(18-14)8-9-21-13-7-6-11-4-3-5-12(11)10-13/h6-7,10H,2-5,8-9H2,1H3,(H,19,20). The fourth-order valence-electron chi connectivity index (χ4n) is 2.81. The number of ether oxygens (including phenoxy) is 1. The summed E-state index contributed by atoms with van der Waals surface area (Å²) in [6.07, 6.45) is 4.83. The molecule has 5 heteroatoms. The Kier molecular flexibility index (Phi) is 4.43. The molecule has 0 saturated heterocycles. The third kappa shape index (κ3) is 3.14. The van der Waals surface area contributed by atoms with Crippen molar-refractivity contribution in [2.24, 2.45) is 0 Å². The Balaban J connectivity index is 1.60. The average Bonchev–Trinajstić information content (AvgIpc) is 3.12. The smallest absolute Gasteiger partial charge is 0.347 e. The van der Waals surface area contributed by atoms with E-state index in [1.54, 1.807) is 0 Å². The fourth-order valence-corrected chi connectivity index (χ4v) is 3.78. The lowest BCUT2D eigenvalue weighted by Crippen LogP contribution is -2.01. The van der Waals surface area contributed by atoms with Gasteiger partial charge in [0.2, 0.25) is 0 Å². The summed E-state index contributed by atoms with van der Waals surface area (Å²) in [5.74, 6) is 0.00604. The zero-order valence-electron chi connectivity index (χ0n) is 12.6. The molecule has 0 atom stereocenters. The van der Waals surface area contributed by atoms with Crippen LogP contribution in [0, 0.1) is 0 Å². The van der Waals surface area contributed by atoms with Crippen molar-refractivity contribution in [3.8, 4) is 5.75 Å². The topological polar surface area (TPSA) is 59.4 Å². The number of thiazole rings is 1. The van der Waals surface area contributed by atoms with Crippen molar-refractivity contribution < 1.29 is 14.6 Å². The minimum absolute atomic E-state index is 0.357. The van der Waals surface area contributed by atoms with Crippen molar-refractivity contribution in [3.05, 3.63) is 44.9 Å². The van der Waals surface area contributed by atoms with E-state index in [2.05, 4.69) is 17.1 Å². The predicted molar refractivity (Wildman–Crippen MR) is 86.1 cm³/mol. The van der Waals surface area contributed by atoms with Gasteiger partial charge in [0.1, 0.15) is 10.6 Å². The summed E-state index contributed by atoms with van der Waals surface area (Å²) in [7, 11) is 0. The maximum absolute atomic E-state index is 11.1. The van der Waals surface area contributed by atoms with Gasteiger partial charge in [-0.15, -0.1) is 11.3 Å². The van der Waals surface area contributed by atoms with Gasteiger partial charge in [0.05, 0.1) is 17.3 Å². The molecule has 1 aliphatic carbocycles. The van der Waals surface area contributed by atoms with Gasteiger partial charge in [-0.1, -0.05) is 13.0 Å². The van der Waals surface area contributed by atoms with Gasteiger partial charge in [0.15, 0.2) is 0 Å². The van der Waals surface area contributed by atoms with E-state index in [0.29, 0.717) is 30.0 Å². The van der Waals surface area contributed by atoms with E-state index in [9.17, 15) is 4.79 Å². The summed E-state index contributed by atoms with van der Waals surface area (Å²) in [6.45, 7) is 2.45. The van der Waals surface area contributed by atoms with Crippen LogP contribution in [0.2, 0.25) is 0 Å². The molecule has 0 unspecified atom stereocenters. The first kappa shape index (κ1) is 15.0. The molecule has 0 aliphatic heterocycles. The third-order valence-corrected chi connectivity index (χ3v) is 5.07. The maximum Gasteiger partial charge on any atom is 0.347 e. The van der Waals surface area contributed by atoms with Crippen molar-refractivity contribution in [2.75, 3.05) is 6.61 Å². The maximum atomic E-state index is 11.1. The van der Waals surface area contributed by atoms with Gasteiger partial charge < -0.3 is 9.84 Å². The van der Waals surface area contributed by atoms with E-state index < -0.39 is 5.97 Å². The molecule has 0 spiro atoms. The van der Waals surface area contributed by atoms with Crippen LogP contribution in [0.1, 0.15) is 44.8 Å². The lowest BCUT2D eigenvalue weighted by molar-refractivity contribution is 0.0701. The zero-order valence-corrected chi connectivity index (χ0v) is 13.4. The van der Waals surface area contributed by atoms with Gasteiger partial charge in [-0.3, -0.25) is 0 Å². The molecule has 22 heavy (non-hydrogen) atoms. The van der Waals surface area contributed by atoms with Crippen molar-refractivity contribution >= 4 is 17.3 Å². The van der Waals surface area contributed by atoms with Gasteiger partial charge in [-0.05, 0) is 48.9 Å². The fraction of sp³-hybridized carbons (Fsp3) is 0.412. The second-order valence-corrected chi connectivity index (χ2v) is 6.51. The summed E-state index contributed by atoms with van der Waals surface area (Å²) in [6, 6.07) is 6.30. The highest BCUT2D eigenvalue weighted by Crippen LogP contribution is 2.26. The largest absolute Gasteiger partial charge is 0.493 e. The van der Waals surface area contributed by atoms with Crippen LogP contribution in [0.3, 0.4) is 0 Å². The van der Waals surface area contributed by atoms with Crippen LogP contribution in [0.25, 0.3) is 0 Å². The van der Waals surface area contributed by atoms with Crippen molar-refractivity contribution in [2.45, 2.75) is 39.0 Å². The summed E-state index contributed by atoms with van der Waals surface area (Å²) < 4.78 is 5.80. The predicted octanol–water partition coefficient (Wildman–Crippen LogP) is 3.51. The number of benzene rings is 1. The summed E-state index contributed by atoms with van der Waals surface area (Å²) in [4.78, 5) is 15.9. The molecular formula is C17H19NO3S. The SMILES string of the molecule is CCc1nc(CCOc2ccc3c(c2)CCC3)sc1C(=O)O. The summed E-state index contributed by atoms with van der Waals surface area (Å²) >= 11 is 1.26. The number of aryl methyl sites for hydroxylation is 3. The lowest BCUT2D eigenvalue weighted by Gasteiger charge is -2.07. The number of aromatic carboxylic acids is 1. The van der Waals surface area contributed by atoms with Crippen LogP contribution in [-0.4, -0.2) is 22.7 Å². The Bertz CT molecular complexity index is 693. The number of fused-ring (bicyclic) bond motifs is 1. The molecule has 1 aromatic heterocycles. The Morgan fingerprint density at radius 3 is 2.91 bits per heavy atom. The number of carbonyl (C=O) groups is 1. The highest BCUT2D eigenvalue weighted by Gasteiger charge is 2.16. The minimum Gasteiger partial charge on any atom is -0.493 e. The first-order valence-corrected chi connectivity index (χ1v) is 8.45. The average molecular weight is 317 g/mol. The summed E-state index contributed by atoms with van der Waals surface area (Å²) in [5.41, 5.74) is 3.50. The van der Waals surface area contributed by atoms with Gasteiger partial charge in [-0.25, -0.2) is 9.78 Å². The Morgan fingerprint density at radius 1 is 1.36 bits per heavy atom. The van der Waals surface area contributed by atoms with Gasteiger partial charge in [0.25, 0.3) is 0 Å². The normalized spacial score (nSPS) is 13.1. The van der Waals surface area contributed by atoms with Gasteiger partial charge in [-0.2, -0.15) is 0 Å². The molecule has 0 saturated carbocycles. The number of hydrogen-bond acceptors (Lipinski definition) is 4. The Morgan fingerprint density at radius 2 is 2.18 bits per heavy atom. The van der Waals surface area contributed by atoms with Gasteiger partial charge >= 0.3 is 5.97 Å². The van der Waals surface area contributed by atoms with E-state index in [4.69, 9.17) is 9.84 Å². The van der Waals surface area contributed by atoms with Crippen molar-refractivity contribution in [1.29, 1.82) is 0 Å². The van der Waals surface area contributed by atoms with Gasteiger partial charge in [0, 0.05) is 6.42 Å². The van der Waals surface area contributed by atoms with E-state index >= 15 is 0 Å². The molecule has 1 aliphatic rings. The molecule has 2 aromatic rings. The molecule has 0 bridgehead atoms. The van der Waals surface area contributed by atoms with Crippen LogP contribution in [-0.2, 0) is 25.7 Å². The van der Waals surface area contributed by atoms with Crippen molar-refractivity contribution in [1.82, 2.24) is 4.98 Å². The van der Waals surface area contributed by atoms with E-state index in [1.165, 1.54) is 35.3 Å². The number of carboxylic acid groups (broad SMARTS) is 1. The number of rotatable bonds is 6. The molecule has 116 valence electrons. The molecule has 4 nitrogen and oxygen atoms in total. The van der Waals surface area contributed by atoms with Crippen LogP contribution in [0.15, 0.2) is 18.2 Å². The molecule has 1 heterocycles. The van der Waals surface area contributed by atoms with E-state index in [1.807, 2.05) is 13.0 Å². The van der Waals surface area contributed by atoms with E-state index in [0.717, 1.165) is 17.2 Å². The highest BCUT2D eigenvalue weighted by molar-refractivity contribution is 7.13. The molecular weight excluding hydrogens is 298 g/mol. The van der Waals surface area contributed by atoms with E-state index in [-0.39, 0.29) is 0 Å². The Hall–Kier alpha value is -1.88. The first-order chi connectivity index (χ1) is 10.7. The minimum atomic E-state index is -0.889. The second-order valence-electron chi connectivity index (χ2n) is 5.42. The lowest BCUT2D eigenvalue weighted by atomic mass is 10.1. The summed E-state index contributed by atoms with van der Waals surface area (Å²) in [5, 5.41) is 9.97. The number of hydrogen-bond donors (Lipinski definition) is 1. The first-order valence-electron chi connectivity index (χ1n) is 7.64. The molecule has 3 rings (SSSR count). The van der Waals surface area contributed by atoms with Crippen LogP contribution in [0.4, 0.5) is 0 Å². The zero-order chi connectivity index (χ0) is 15.5. The second kappa shape index (κ2) is 6.48. The molecule has 0 fully saturated rings. The van der Waals surface area contributed by atoms with Crippen LogP contribution >= 0.6 is 11.3 Å². The van der Waals surface area contributed by atoms with Crippen LogP contribution < -0.4 is 4.74 Å². The quantitative estimate of drug-likeness (QED) is 0.885. The Labute approximate surface area is 133 Å². The molecule has 1 aromatic carbocycles. The highest BCUT2D eigenvalue weighted by atomic mass is 32.1. The molecule has 1 N–H and O–H groups in total. The number of nitrogens with zero attached hydrogens (tertiary/aromatic N) is 1. The monoisotopic (exact) mass is 317 g/mol. The number of aromatic nitrogens is 1. The third-order valence-electron chi connectivity index (χ3n) is 3.93. The van der Waals surface area contributed by atoms with Crippen molar-refractivity contribution in [3.63, 3.8) is 0 Å². The molecule has 0 amide bonds. The molecule has 0 radical (unpaired) electrons. The van der Waals surface area contributed by atoms with Crippen LogP contribution in [0.5, 0.6) is 5.75 Å². The number of carboxylic acids is 1.